The second-order valence-electron chi connectivity index (χ2n) is 4.71. The first-order valence-corrected chi connectivity index (χ1v) is 6.52. The molecule has 0 aliphatic rings. The number of amides is 1. The monoisotopic (exact) mass is 277 g/mol. The van der Waals surface area contributed by atoms with Crippen LogP contribution in [0, 0.1) is 13.8 Å². The maximum atomic E-state index is 11.6. The first kappa shape index (κ1) is 14.3. The van der Waals surface area contributed by atoms with Crippen LogP contribution in [0.5, 0.6) is 0 Å². The van der Waals surface area contributed by atoms with Crippen LogP contribution in [-0.2, 0) is 11.3 Å². The second-order valence-corrected chi connectivity index (χ2v) is 4.71. The summed E-state index contributed by atoms with van der Waals surface area (Å²) >= 11 is 0. The molecule has 0 unspecified atom stereocenters. The van der Waals surface area contributed by atoms with Crippen LogP contribution in [0.25, 0.3) is 5.65 Å². The fraction of sp³-hybridized carbons (Fsp3) is 0.462. The highest BCUT2D eigenvalue weighted by Crippen LogP contribution is 2.12. The number of hydrogen-bond donors (Lipinski definition) is 3. The highest BCUT2D eigenvalue weighted by molar-refractivity contribution is 5.76. The van der Waals surface area contributed by atoms with Gasteiger partial charge in [0.05, 0.1) is 0 Å². The minimum atomic E-state index is -0.185. The molecule has 2 rings (SSSR count). The highest BCUT2D eigenvalue weighted by atomic mass is 16.1. The number of aromatic nitrogens is 3. The van der Waals surface area contributed by atoms with Crippen LogP contribution in [0.15, 0.2) is 10.9 Å². The van der Waals surface area contributed by atoms with Crippen LogP contribution in [0.3, 0.4) is 0 Å². The number of carbonyl (C=O) groups excluding carboxylic acids is 1. The molecule has 0 bridgehead atoms. The molecule has 3 N–H and O–H groups in total. The molecule has 0 atom stereocenters. The highest BCUT2D eigenvalue weighted by Gasteiger charge is 2.11. The van der Waals surface area contributed by atoms with Gasteiger partial charge < -0.3 is 10.6 Å². The van der Waals surface area contributed by atoms with Crippen LogP contribution >= 0.6 is 0 Å². The van der Waals surface area contributed by atoms with E-state index in [-0.39, 0.29) is 11.5 Å². The fourth-order valence-electron chi connectivity index (χ4n) is 2.13. The number of carbonyl (C=O) groups is 1. The number of rotatable bonds is 5. The van der Waals surface area contributed by atoms with Crippen molar-refractivity contribution in [1.82, 2.24) is 25.2 Å². The lowest BCUT2D eigenvalue weighted by molar-refractivity contribution is -0.121. The molecule has 0 spiro atoms. The van der Waals surface area contributed by atoms with Gasteiger partial charge in [-0.1, -0.05) is 0 Å². The molecule has 0 saturated heterocycles. The smallest absolute Gasteiger partial charge is 0.266 e. The molecule has 0 aliphatic heterocycles. The lowest BCUT2D eigenvalue weighted by Crippen LogP contribution is -2.27. The summed E-state index contributed by atoms with van der Waals surface area (Å²) in [7, 11) is 1.81. The van der Waals surface area contributed by atoms with E-state index >= 15 is 0 Å². The molecule has 2 heterocycles. The standard InChI is InChI=1S/C13H19N5O2/c1-8-10(7-15-12(19)4-5-14-3)9(2)18-11(16-8)6-13(20)17-18/h6,14H,4-5,7H2,1-3H3,(H,15,19)(H,17,20). The Kier molecular flexibility index (Phi) is 4.19. The Morgan fingerprint density at radius 3 is 2.90 bits per heavy atom. The zero-order valence-corrected chi connectivity index (χ0v) is 11.9. The predicted octanol–water partition coefficient (Wildman–Crippen LogP) is -0.135. The van der Waals surface area contributed by atoms with Gasteiger partial charge in [0.1, 0.15) is 0 Å². The van der Waals surface area contributed by atoms with Crippen LogP contribution < -0.4 is 16.2 Å². The average Bonchev–Trinajstić information content (AvgIpc) is 2.76. The molecule has 0 radical (unpaired) electrons. The van der Waals surface area contributed by atoms with Crippen molar-refractivity contribution in [1.29, 1.82) is 0 Å². The minimum Gasteiger partial charge on any atom is -0.352 e. The number of H-pyrrole nitrogens is 1. The van der Waals surface area contributed by atoms with Crippen molar-refractivity contribution in [3.8, 4) is 0 Å². The van der Waals surface area contributed by atoms with E-state index in [1.807, 2.05) is 20.9 Å². The third-order valence-corrected chi connectivity index (χ3v) is 3.27. The number of nitrogens with one attached hydrogen (secondary N) is 3. The Labute approximate surface area is 116 Å². The quantitative estimate of drug-likeness (QED) is 0.709. The summed E-state index contributed by atoms with van der Waals surface area (Å²) < 4.78 is 1.64. The van der Waals surface area contributed by atoms with Crippen LogP contribution in [0.2, 0.25) is 0 Å². The van der Waals surface area contributed by atoms with E-state index in [1.165, 1.54) is 6.07 Å². The van der Waals surface area contributed by atoms with E-state index in [1.54, 1.807) is 4.52 Å². The molecular formula is C13H19N5O2. The summed E-state index contributed by atoms with van der Waals surface area (Å²) in [5.41, 5.74) is 3.02. The van der Waals surface area contributed by atoms with Gasteiger partial charge in [0.25, 0.3) is 5.56 Å². The predicted molar refractivity (Wildman–Crippen MR) is 75.7 cm³/mol. The van der Waals surface area contributed by atoms with Gasteiger partial charge >= 0.3 is 0 Å². The Morgan fingerprint density at radius 2 is 2.20 bits per heavy atom. The van der Waals surface area contributed by atoms with Crippen LogP contribution in [0.4, 0.5) is 0 Å². The Bertz CT molecular complexity index is 686. The second kappa shape index (κ2) is 5.87. The average molecular weight is 277 g/mol. The Balaban J connectivity index is 2.21. The van der Waals surface area contributed by atoms with Gasteiger partial charge in [-0.05, 0) is 20.9 Å². The normalized spacial score (nSPS) is 10.9. The lowest BCUT2D eigenvalue weighted by Gasteiger charge is -2.12. The summed E-state index contributed by atoms with van der Waals surface area (Å²) in [6.07, 6.45) is 0.435. The zero-order chi connectivity index (χ0) is 14.7. The fourth-order valence-corrected chi connectivity index (χ4v) is 2.13. The molecule has 7 heteroatoms. The van der Waals surface area contributed by atoms with E-state index in [0.717, 1.165) is 17.0 Å². The summed E-state index contributed by atoms with van der Waals surface area (Å²) in [5, 5.41) is 8.48. The molecule has 1 amide bonds. The van der Waals surface area contributed by atoms with Crippen LogP contribution in [0.1, 0.15) is 23.4 Å². The van der Waals surface area contributed by atoms with Gasteiger partial charge in [-0.15, -0.1) is 0 Å². The number of nitrogens with zero attached hydrogens (tertiary/aromatic N) is 2. The number of hydrogen-bond acceptors (Lipinski definition) is 4. The van der Waals surface area contributed by atoms with Gasteiger partial charge in [0, 0.05) is 42.5 Å². The zero-order valence-electron chi connectivity index (χ0n) is 11.9. The van der Waals surface area contributed by atoms with E-state index < -0.39 is 0 Å². The number of aromatic amines is 1. The van der Waals surface area contributed by atoms with E-state index in [0.29, 0.717) is 25.2 Å². The third-order valence-electron chi connectivity index (χ3n) is 3.27. The third kappa shape index (κ3) is 2.88. The van der Waals surface area contributed by atoms with E-state index in [4.69, 9.17) is 0 Å². The van der Waals surface area contributed by atoms with Crippen molar-refractivity contribution in [2.45, 2.75) is 26.8 Å². The van der Waals surface area contributed by atoms with Crippen molar-refractivity contribution >= 4 is 11.6 Å². The van der Waals surface area contributed by atoms with Crippen molar-refractivity contribution in [2.24, 2.45) is 0 Å². The lowest BCUT2D eigenvalue weighted by atomic mass is 10.1. The Hall–Kier alpha value is -2.15. The van der Waals surface area contributed by atoms with Crippen molar-refractivity contribution < 1.29 is 4.79 Å². The molecule has 108 valence electrons. The molecule has 2 aromatic heterocycles. The molecule has 0 fully saturated rings. The van der Waals surface area contributed by atoms with Gasteiger partial charge in [0.15, 0.2) is 5.65 Å². The van der Waals surface area contributed by atoms with Crippen molar-refractivity contribution in [3.63, 3.8) is 0 Å². The Morgan fingerprint density at radius 1 is 1.45 bits per heavy atom. The van der Waals surface area contributed by atoms with Gasteiger partial charge in [0.2, 0.25) is 5.91 Å². The maximum Gasteiger partial charge on any atom is 0.266 e. The number of aryl methyl sites for hydroxylation is 2. The topological polar surface area (TPSA) is 91.3 Å². The summed E-state index contributed by atoms with van der Waals surface area (Å²) in [4.78, 5) is 27.3. The molecule has 2 aromatic rings. The van der Waals surface area contributed by atoms with E-state index in [2.05, 4.69) is 20.7 Å². The van der Waals surface area contributed by atoms with Gasteiger partial charge in [-0.25, -0.2) is 9.50 Å². The first-order chi connectivity index (χ1) is 9.52. The number of fused-ring (bicyclic) bond motifs is 1. The molecule has 7 nitrogen and oxygen atoms in total. The molecule has 0 aliphatic carbocycles. The largest absolute Gasteiger partial charge is 0.352 e. The van der Waals surface area contributed by atoms with Crippen molar-refractivity contribution in [2.75, 3.05) is 13.6 Å². The molecule has 0 saturated carbocycles. The summed E-state index contributed by atoms with van der Waals surface area (Å²) in [6, 6.07) is 1.45. The van der Waals surface area contributed by atoms with Crippen molar-refractivity contribution in [3.05, 3.63) is 33.4 Å². The van der Waals surface area contributed by atoms with Gasteiger partial charge in [-0.2, -0.15) is 0 Å². The molecular weight excluding hydrogens is 258 g/mol. The maximum absolute atomic E-state index is 11.6. The molecule has 20 heavy (non-hydrogen) atoms. The summed E-state index contributed by atoms with van der Waals surface area (Å²) in [5.74, 6) is -0.0146. The van der Waals surface area contributed by atoms with Crippen LogP contribution in [-0.4, -0.2) is 34.1 Å². The SMILES string of the molecule is CNCCC(=O)NCc1c(C)nc2cc(=O)[nH]n2c1C. The first-order valence-electron chi connectivity index (χ1n) is 6.52. The minimum absolute atomic E-state index is 0.0146. The summed E-state index contributed by atoms with van der Waals surface area (Å²) in [6.45, 7) is 4.82. The van der Waals surface area contributed by atoms with Gasteiger partial charge in [-0.3, -0.25) is 14.7 Å². The molecule has 0 aromatic carbocycles. The van der Waals surface area contributed by atoms with E-state index in [9.17, 15) is 9.59 Å².